The second kappa shape index (κ2) is 13.5. The van der Waals surface area contributed by atoms with Gasteiger partial charge >= 0.3 is 6.09 Å². The first kappa shape index (κ1) is 27.2. The quantitative estimate of drug-likeness (QED) is 0.307. The van der Waals surface area contributed by atoms with E-state index in [1.807, 2.05) is 27.7 Å². The minimum Gasteiger partial charge on any atom is -0.444 e. The predicted octanol–water partition coefficient (Wildman–Crippen LogP) is 3.43. The van der Waals surface area contributed by atoms with Gasteiger partial charge in [-0.05, 0) is 47.0 Å². The molecule has 0 aliphatic carbocycles. The predicted molar refractivity (Wildman–Crippen MR) is 126 cm³/mol. The largest absolute Gasteiger partial charge is 0.444 e. The van der Waals surface area contributed by atoms with Crippen molar-refractivity contribution in [3.63, 3.8) is 0 Å². The lowest BCUT2D eigenvalue weighted by atomic mass is 10.1. The first-order valence-electron chi connectivity index (χ1n) is 10.2. The molecule has 0 saturated carbocycles. The van der Waals surface area contributed by atoms with Crippen molar-refractivity contribution in [2.24, 2.45) is 16.8 Å². The van der Waals surface area contributed by atoms with Gasteiger partial charge in [0.25, 0.3) is 0 Å². The number of nitrogens with zero attached hydrogens (tertiary/aromatic N) is 3. The molecule has 0 radical (unpaired) electrons. The van der Waals surface area contributed by atoms with Crippen LogP contribution >= 0.6 is 24.0 Å². The molecule has 1 rings (SSSR count). The molecular weight excluding hydrogens is 471 g/mol. The molecule has 1 aliphatic rings. The Morgan fingerprint density at radius 3 is 2.61 bits per heavy atom. The van der Waals surface area contributed by atoms with Crippen LogP contribution in [0.25, 0.3) is 0 Å². The van der Waals surface area contributed by atoms with Gasteiger partial charge in [-0.3, -0.25) is 4.99 Å². The van der Waals surface area contributed by atoms with E-state index in [0.29, 0.717) is 19.0 Å². The van der Waals surface area contributed by atoms with Gasteiger partial charge in [-0.15, -0.1) is 24.0 Å². The van der Waals surface area contributed by atoms with Crippen LogP contribution in [0, 0.1) is 11.8 Å². The van der Waals surface area contributed by atoms with Gasteiger partial charge < -0.3 is 24.6 Å². The summed E-state index contributed by atoms with van der Waals surface area (Å²) in [6, 6.07) is 0. The van der Waals surface area contributed by atoms with Crippen molar-refractivity contribution < 1.29 is 14.3 Å². The van der Waals surface area contributed by atoms with Crippen molar-refractivity contribution in [1.82, 2.24) is 15.1 Å². The topological polar surface area (TPSA) is 66.4 Å². The molecule has 1 amide bonds. The van der Waals surface area contributed by atoms with Gasteiger partial charge in [-0.1, -0.05) is 6.92 Å². The molecule has 0 aromatic rings. The van der Waals surface area contributed by atoms with Crippen molar-refractivity contribution in [3.05, 3.63) is 0 Å². The smallest absolute Gasteiger partial charge is 0.410 e. The fourth-order valence-corrected chi connectivity index (χ4v) is 3.05. The molecule has 0 aromatic carbocycles. The molecule has 1 heterocycles. The van der Waals surface area contributed by atoms with E-state index in [9.17, 15) is 4.79 Å². The zero-order valence-electron chi connectivity index (χ0n) is 18.8. The van der Waals surface area contributed by atoms with Crippen LogP contribution in [-0.4, -0.2) is 80.4 Å². The highest BCUT2D eigenvalue weighted by Crippen LogP contribution is 2.17. The summed E-state index contributed by atoms with van der Waals surface area (Å²) in [4.78, 5) is 20.9. The Kier molecular flexibility index (Phi) is 13.1. The maximum absolute atomic E-state index is 12.1. The molecule has 2 atom stereocenters. The molecule has 1 saturated heterocycles. The van der Waals surface area contributed by atoms with E-state index in [1.54, 1.807) is 11.9 Å². The Balaban J connectivity index is 0.00000729. The average Bonchev–Trinajstić information content (AvgIpc) is 3.03. The maximum atomic E-state index is 12.1. The summed E-state index contributed by atoms with van der Waals surface area (Å²) in [7, 11) is 1.78. The van der Waals surface area contributed by atoms with E-state index in [0.717, 1.165) is 45.2 Å². The third kappa shape index (κ3) is 10.7. The fourth-order valence-electron chi connectivity index (χ4n) is 3.05. The minimum atomic E-state index is -0.473. The van der Waals surface area contributed by atoms with Crippen LogP contribution in [0.4, 0.5) is 4.79 Å². The number of guanidine groups is 1. The third-order valence-corrected chi connectivity index (χ3v) is 4.32. The highest BCUT2D eigenvalue weighted by Gasteiger charge is 2.25. The third-order valence-electron chi connectivity index (χ3n) is 4.32. The molecule has 1 fully saturated rings. The molecule has 1 aliphatic heterocycles. The van der Waals surface area contributed by atoms with Gasteiger partial charge in [0.1, 0.15) is 5.60 Å². The molecule has 0 bridgehead atoms. The molecule has 7 nitrogen and oxygen atoms in total. The van der Waals surface area contributed by atoms with Crippen molar-refractivity contribution in [2.45, 2.75) is 53.6 Å². The number of hydrogen-bond acceptors (Lipinski definition) is 4. The lowest BCUT2D eigenvalue weighted by Gasteiger charge is -2.26. The zero-order valence-corrected chi connectivity index (χ0v) is 21.1. The summed E-state index contributed by atoms with van der Waals surface area (Å²) < 4.78 is 11.0. The summed E-state index contributed by atoms with van der Waals surface area (Å²) in [6.07, 6.45) is 0.852. The Labute approximate surface area is 188 Å². The fraction of sp³-hybridized carbons (Fsp3) is 0.900. The lowest BCUT2D eigenvalue weighted by Crippen LogP contribution is -2.41. The molecule has 8 heteroatoms. The SMILES string of the molecule is CCNC(=NCC(C)CN(C)C(=O)OC(C)(C)C)N1CCC(COCC)C1.I. The van der Waals surface area contributed by atoms with E-state index in [1.165, 1.54) is 0 Å². The van der Waals surface area contributed by atoms with Gasteiger partial charge in [0.2, 0.25) is 0 Å². The first-order valence-corrected chi connectivity index (χ1v) is 10.2. The van der Waals surface area contributed by atoms with E-state index < -0.39 is 5.60 Å². The van der Waals surface area contributed by atoms with Crippen LogP contribution in [0.3, 0.4) is 0 Å². The Morgan fingerprint density at radius 2 is 2.04 bits per heavy atom. The van der Waals surface area contributed by atoms with Gasteiger partial charge in [0, 0.05) is 52.3 Å². The van der Waals surface area contributed by atoms with Crippen molar-refractivity contribution in [2.75, 3.05) is 53.0 Å². The highest BCUT2D eigenvalue weighted by molar-refractivity contribution is 14.0. The second-order valence-corrected chi connectivity index (χ2v) is 8.42. The first-order chi connectivity index (χ1) is 12.7. The number of rotatable bonds is 8. The van der Waals surface area contributed by atoms with E-state index in [-0.39, 0.29) is 36.0 Å². The Morgan fingerprint density at radius 1 is 1.36 bits per heavy atom. The number of nitrogens with one attached hydrogen (secondary N) is 1. The monoisotopic (exact) mass is 512 g/mol. The highest BCUT2D eigenvalue weighted by atomic mass is 127. The molecule has 0 aromatic heterocycles. The molecule has 2 unspecified atom stereocenters. The average molecular weight is 512 g/mol. The molecule has 0 spiro atoms. The molecule has 166 valence electrons. The number of hydrogen-bond donors (Lipinski definition) is 1. The van der Waals surface area contributed by atoms with Crippen LogP contribution in [0.2, 0.25) is 0 Å². The normalized spacial score (nSPS) is 18.5. The number of carbonyl (C=O) groups is 1. The van der Waals surface area contributed by atoms with Crippen molar-refractivity contribution in [3.8, 4) is 0 Å². The summed E-state index contributed by atoms with van der Waals surface area (Å²) >= 11 is 0. The summed E-state index contributed by atoms with van der Waals surface area (Å²) in [6.45, 7) is 17.6. The standard InChI is InChI=1S/C20H40N4O3.HI/c1-8-21-18(24-11-10-17(14-24)15-26-9-2)22-12-16(3)13-23(7)19(25)27-20(4,5)6;/h16-17H,8-15H2,1-7H3,(H,21,22);1H. The van der Waals surface area contributed by atoms with E-state index in [4.69, 9.17) is 14.5 Å². The zero-order chi connectivity index (χ0) is 20.4. The van der Waals surface area contributed by atoms with Crippen LogP contribution in [-0.2, 0) is 9.47 Å². The number of carbonyl (C=O) groups excluding carboxylic acids is 1. The summed E-state index contributed by atoms with van der Waals surface area (Å²) in [5, 5.41) is 3.39. The summed E-state index contributed by atoms with van der Waals surface area (Å²) in [5.41, 5.74) is -0.473. The van der Waals surface area contributed by atoms with Gasteiger partial charge in [0.05, 0.1) is 6.61 Å². The van der Waals surface area contributed by atoms with Gasteiger partial charge in [0.15, 0.2) is 5.96 Å². The molecular formula is C20H41IN4O3. The van der Waals surface area contributed by atoms with Crippen LogP contribution in [0.5, 0.6) is 0 Å². The van der Waals surface area contributed by atoms with Crippen LogP contribution in [0.1, 0.15) is 48.0 Å². The summed E-state index contributed by atoms with van der Waals surface area (Å²) in [5.74, 6) is 1.78. The molecule has 28 heavy (non-hydrogen) atoms. The Bertz CT molecular complexity index is 483. The van der Waals surface area contributed by atoms with Crippen LogP contribution in [0.15, 0.2) is 4.99 Å². The maximum Gasteiger partial charge on any atom is 0.410 e. The number of aliphatic imine (C=N–C) groups is 1. The number of likely N-dealkylation sites (tertiary alicyclic amines) is 1. The van der Waals surface area contributed by atoms with E-state index in [2.05, 4.69) is 24.1 Å². The number of halogens is 1. The minimum absolute atomic E-state index is 0. The number of amides is 1. The lowest BCUT2D eigenvalue weighted by molar-refractivity contribution is 0.0279. The van der Waals surface area contributed by atoms with Crippen LogP contribution < -0.4 is 5.32 Å². The van der Waals surface area contributed by atoms with Crippen molar-refractivity contribution >= 4 is 36.0 Å². The van der Waals surface area contributed by atoms with Gasteiger partial charge in [-0.25, -0.2) is 4.79 Å². The number of ether oxygens (including phenoxy) is 2. The van der Waals surface area contributed by atoms with Gasteiger partial charge in [-0.2, -0.15) is 0 Å². The molecule has 1 N–H and O–H groups in total. The van der Waals surface area contributed by atoms with E-state index >= 15 is 0 Å². The Hall–Kier alpha value is -0.770. The van der Waals surface area contributed by atoms with Crippen molar-refractivity contribution in [1.29, 1.82) is 0 Å². The second-order valence-electron chi connectivity index (χ2n) is 8.42.